The highest BCUT2D eigenvalue weighted by molar-refractivity contribution is 7.92. The summed E-state index contributed by atoms with van der Waals surface area (Å²) in [5, 5.41) is 2.96. The summed E-state index contributed by atoms with van der Waals surface area (Å²) in [6.45, 7) is 7.14. The van der Waals surface area contributed by atoms with Gasteiger partial charge in [0.15, 0.2) is 0 Å². The number of sulfonamides is 1. The van der Waals surface area contributed by atoms with Gasteiger partial charge in [0.25, 0.3) is 10.0 Å². The molecular weight excluding hydrogens is 517 g/mol. The molecule has 0 spiro atoms. The molecule has 1 N–H and O–H groups in total. The quantitative estimate of drug-likeness (QED) is 0.340. The zero-order valence-corrected chi connectivity index (χ0v) is 23.6. The molecule has 0 bridgehead atoms. The summed E-state index contributed by atoms with van der Waals surface area (Å²) < 4.78 is 42.1. The number of amides is 2. The zero-order valence-electron chi connectivity index (χ0n) is 22.8. The van der Waals surface area contributed by atoms with Crippen LogP contribution in [0.1, 0.15) is 44.7 Å². The summed E-state index contributed by atoms with van der Waals surface area (Å²) in [6, 6.07) is 19.3. The maximum Gasteiger partial charge on any atom is 0.264 e. The largest absolute Gasteiger partial charge is 0.352 e. The van der Waals surface area contributed by atoms with Crippen molar-refractivity contribution in [3.8, 4) is 0 Å². The molecule has 0 heterocycles. The van der Waals surface area contributed by atoms with Gasteiger partial charge in [0.2, 0.25) is 11.8 Å². The molecule has 0 aliphatic rings. The summed E-state index contributed by atoms with van der Waals surface area (Å²) in [5.74, 6) is -1.38. The highest BCUT2D eigenvalue weighted by Crippen LogP contribution is 2.25. The maximum absolute atomic E-state index is 14.0. The average Bonchev–Trinajstić information content (AvgIpc) is 2.93. The first kappa shape index (κ1) is 29.8. The minimum atomic E-state index is -4.19. The number of carbonyl (C=O) groups excluding carboxylic acids is 2. The number of halogens is 1. The molecule has 0 saturated heterocycles. The van der Waals surface area contributed by atoms with Crippen molar-refractivity contribution >= 4 is 27.5 Å². The van der Waals surface area contributed by atoms with Crippen molar-refractivity contribution in [2.45, 2.75) is 64.1 Å². The number of carbonyl (C=O) groups is 2. The van der Waals surface area contributed by atoms with Gasteiger partial charge < -0.3 is 10.2 Å². The molecule has 0 unspecified atom stereocenters. The average molecular weight is 554 g/mol. The highest BCUT2D eigenvalue weighted by atomic mass is 32.2. The molecule has 3 aromatic carbocycles. The van der Waals surface area contributed by atoms with E-state index in [-0.39, 0.29) is 29.1 Å². The first-order valence-corrected chi connectivity index (χ1v) is 14.5. The smallest absolute Gasteiger partial charge is 0.264 e. The molecule has 0 fully saturated rings. The van der Waals surface area contributed by atoms with Crippen LogP contribution in [0.5, 0.6) is 0 Å². The van der Waals surface area contributed by atoms with Crippen molar-refractivity contribution in [1.82, 2.24) is 10.2 Å². The minimum absolute atomic E-state index is 0.00543. The number of aryl methyl sites for hydroxylation is 1. The van der Waals surface area contributed by atoms with E-state index in [9.17, 15) is 22.4 Å². The minimum Gasteiger partial charge on any atom is -0.352 e. The lowest BCUT2D eigenvalue weighted by atomic mass is 10.1. The lowest BCUT2D eigenvalue weighted by molar-refractivity contribution is -0.140. The molecule has 0 radical (unpaired) electrons. The van der Waals surface area contributed by atoms with Crippen LogP contribution in [0.25, 0.3) is 0 Å². The molecule has 7 nitrogen and oxygen atoms in total. The molecule has 3 aromatic rings. The zero-order chi connectivity index (χ0) is 28.6. The Hall–Kier alpha value is -3.72. The van der Waals surface area contributed by atoms with E-state index in [0.717, 1.165) is 34.0 Å². The molecule has 208 valence electrons. The van der Waals surface area contributed by atoms with E-state index in [1.807, 2.05) is 52.0 Å². The van der Waals surface area contributed by atoms with E-state index in [2.05, 4.69) is 5.32 Å². The van der Waals surface area contributed by atoms with Crippen LogP contribution < -0.4 is 9.62 Å². The highest BCUT2D eigenvalue weighted by Gasteiger charge is 2.34. The predicted molar refractivity (Wildman–Crippen MR) is 151 cm³/mol. The lowest BCUT2D eigenvalue weighted by Gasteiger charge is -2.34. The number of nitrogens with one attached hydrogen (secondary N) is 1. The van der Waals surface area contributed by atoms with Gasteiger partial charge in [0.05, 0.1) is 10.6 Å². The second kappa shape index (κ2) is 13.4. The van der Waals surface area contributed by atoms with Gasteiger partial charge in [-0.25, -0.2) is 12.8 Å². The Bertz CT molecular complexity index is 1360. The number of nitrogens with zero attached hydrogens (tertiary/aromatic N) is 2. The Labute approximate surface area is 230 Å². The first-order valence-electron chi connectivity index (χ1n) is 13.1. The lowest BCUT2D eigenvalue weighted by Crippen LogP contribution is -2.53. The van der Waals surface area contributed by atoms with Crippen LogP contribution in [0.4, 0.5) is 10.1 Å². The third kappa shape index (κ3) is 7.44. The Morgan fingerprint density at radius 2 is 1.51 bits per heavy atom. The van der Waals surface area contributed by atoms with Crippen LogP contribution in [-0.4, -0.2) is 43.8 Å². The van der Waals surface area contributed by atoms with E-state index in [0.29, 0.717) is 6.42 Å². The normalized spacial score (nSPS) is 12.8. The van der Waals surface area contributed by atoms with Gasteiger partial charge in [-0.05, 0) is 74.2 Å². The van der Waals surface area contributed by atoms with Crippen LogP contribution in [0, 0.1) is 12.7 Å². The molecule has 2 atom stereocenters. The molecule has 0 aliphatic heterocycles. The van der Waals surface area contributed by atoms with Crippen LogP contribution >= 0.6 is 0 Å². The second-order valence-electron chi connectivity index (χ2n) is 9.49. The van der Waals surface area contributed by atoms with Crippen molar-refractivity contribution < 1.29 is 22.4 Å². The van der Waals surface area contributed by atoms with Gasteiger partial charge in [0, 0.05) is 12.6 Å². The maximum atomic E-state index is 14.0. The van der Waals surface area contributed by atoms with Crippen molar-refractivity contribution in [3.05, 3.63) is 95.8 Å². The predicted octanol–water partition coefficient (Wildman–Crippen LogP) is 5.05. The summed E-state index contributed by atoms with van der Waals surface area (Å²) in [7, 11) is -4.19. The number of hydrogen-bond acceptors (Lipinski definition) is 4. The molecular formula is C30H36FN3O4S. The van der Waals surface area contributed by atoms with Gasteiger partial charge in [-0.3, -0.25) is 13.9 Å². The fraction of sp³-hybridized carbons (Fsp3) is 0.333. The Morgan fingerprint density at radius 3 is 2.10 bits per heavy atom. The second-order valence-corrected chi connectivity index (χ2v) is 11.4. The molecule has 39 heavy (non-hydrogen) atoms. The summed E-state index contributed by atoms with van der Waals surface area (Å²) in [4.78, 5) is 28.7. The first-order chi connectivity index (χ1) is 18.6. The number of anilines is 1. The van der Waals surface area contributed by atoms with E-state index >= 15 is 0 Å². The molecule has 0 saturated carbocycles. The third-order valence-corrected chi connectivity index (χ3v) is 8.50. The molecule has 9 heteroatoms. The molecule has 0 aromatic heterocycles. The van der Waals surface area contributed by atoms with Crippen molar-refractivity contribution in [3.63, 3.8) is 0 Å². The summed E-state index contributed by atoms with van der Waals surface area (Å²) in [6.07, 6.45) is 1.06. The topological polar surface area (TPSA) is 86.8 Å². The van der Waals surface area contributed by atoms with Gasteiger partial charge in [-0.2, -0.15) is 0 Å². The van der Waals surface area contributed by atoms with Crippen LogP contribution in [-0.2, 0) is 26.2 Å². The van der Waals surface area contributed by atoms with Gasteiger partial charge in [-0.15, -0.1) is 0 Å². The van der Waals surface area contributed by atoms with Crippen LogP contribution in [0.3, 0.4) is 0 Å². The van der Waals surface area contributed by atoms with E-state index in [4.69, 9.17) is 0 Å². The Morgan fingerprint density at radius 1 is 0.897 bits per heavy atom. The fourth-order valence-corrected chi connectivity index (χ4v) is 5.62. The number of hydrogen-bond donors (Lipinski definition) is 1. The van der Waals surface area contributed by atoms with E-state index in [1.165, 1.54) is 29.2 Å². The molecule has 2 amide bonds. The number of benzene rings is 3. The Balaban J connectivity index is 2.05. The van der Waals surface area contributed by atoms with Gasteiger partial charge >= 0.3 is 0 Å². The van der Waals surface area contributed by atoms with E-state index < -0.39 is 34.3 Å². The summed E-state index contributed by atoms with van der Waals surface area (Å²) in [5.41, 5.74) is 1.93. The Kier molecular flexibility index (Phi) is 10.2. The van der Waals surface area contributed by atoms with Crippen molar-refractivity contribution in [2.24, 2.45) is 0 Å². The number of rotatable bonds is 12. The van der Waals surface area contributed by atoms with Gasteiger partial charge in [0.1, 0.15) is 18.4 Å². The SMILES string of the molecule is CC[C@@H](C)NC(=O)[C@@H](CC)N(Cc1ccccc1C)C(=O)CN(c1ccc(F)cc1)S(=O)(=O)c1ccccc1. The van der Waals surface area contributed by atoms with Crippen LogP contribution in [0.15, 0.2) is 83.8 Å². The summed E-state index contributed by atoms with van der Waals surface area (Å²) >= 11 is 0. The van der Waals surface area contributed by atoms with E-state index in [1.54, 1.807) is 18.2 Å². The monoisotopic (exact) mass is 553 g/mol. The van der Waals surface area contributed by atoms with Crippen molar-refractivity contribution in [1.29, 1.82) is 0 Å². The van der Waals surface area contributed by atoms with Crippen LogP contribution in [0.2, 0.25) is 0 Å². The third-order valence-electron chi connectivity index (χ3n) is 6.71. The molecule has 0 aliphatic carbocycles. The van der Waals surface area contributed by atoms with Crippen molar-refractivity contribution in [2.75, 3.05) is 10.8 Å². The molecule has 3 rings (SSSR count). The fourth-order valence-electron chi connectivity index (χ4n) is 4.19. The standard InChI is InChI=1S/C30H36FN3O4S/c1-5-23(4)32-30(36)28(6-2)33(20-24-13-11-10-12-22(24)3)29(35)21-34(26-18-16-25(31)17-19-26)39(37,38)27-14-8-7-9-15-27/h7-19,23,28H,5-6,20-21H2,1-4H3,(H,32,36)/t23-,28-/m1/s1. The van der Waals surface area contributed by atoms with Gasteiger partial charge in [-0.1, -0.05) is 56.3 Å².